The standard InChI is InChI=1S/C38H26N3S.C16H19FGeN.Ir/c1-22-20-29-25-12-6-7-16-30(25)38(2,3)31(29)21-33(22)41-34-24-11-5-4-10-23(24)17-18-32(34)40-36(41)28-14-8-13-26-27-15-9-19-39-37(27)42-35(26)28;1-11-7-6-8-13(16(11)17)15-9-12(2)14(10-19-15)18(3,4)5;/h4-13,15-21H,1-3H3;6-7,9-10H,1-5H3;/q2*-1;/i;1D3,2D3;. The maximum absolute atomic E-state index is 14.7. The summed E-state index contributed by atoms with van der Waals surface area (Å²) in [6.45, 7) is 1.96. The molecule has 0 N–H and O–H groups in total. The fourth-order valence-corrected chi connectivity index (χ4v) is 12.9. The summed E-state index contributed by atoms with van der Waals surface area (Å²) in [4.78, 5) is 15.3. The molecule has 4 heterocycles. The van der Waals surface area contributed by atoms with E-state index in [1.54, 1.807) is 11.3 Å². The molecule has 0 saturated heterocycles. The molecule has 8 heteroatoms. The Hall–Kier alpha value is -5.31. The van der Waals surface area contributed by atoms with Gasteiger partial charge in [-0.3, -0.25) is 4.98 Å². The predicted molar refractivity (Wildman–Crippen MR) is 257 cm³/mol. The second-order valence-electron chi connectivity index (χ2n) is 17.3. The molecule has 0 saturated carbocycles. The maximum Gasteiger partial charge on any atom is 0 e. The first-order valence-corrected chi connectivity index (χ1v) is 28.5. The average molecular weight is 1070 g/mol. The van der Waals surface area contributed by atoms with Gasteiger partial charge in [-0.05, 0) is 74.5 Å². The van der Waals surface area contributed by atoms with Crippen LogP contribution in [0.1, 0.15) is 49.9 Å². The number of halogens is 1. The van der Waals surface area contributed by atoms with Crippen LogP contribution in [0, 0.1) is 38.6 Å². The van der Waals surface area contributed by atoms with Crippen LogP contribution in [0.25, 0.3) is 81.6 Å². The van der Waals surface area contributed by atoms with E-state index in [0.717, 1.165) is 43.4 Å². The van der Waals surface area contributed by atoms with E-state index in [1.165, 1.54) is 72.4 Å². The summed E-state index contributed by atoms with van der Waals surface area (Å²) < 4.78 is 64.5. The van der Waals surface area contributed by atoms with Gasteiger partial charge in [-0.15, -0.1) is 18.2 Å². The Morgan fingerprint density at radius 1 is 0.742 bits per heavy atom. The number of imidazole rings is 1. The summed E-state index contributed by atoms with van der Waals surface area (Å²) in [6, 6.07) is 45.0. The van der Waals surface area contributed by atoms with E-state index in [9.17, 15) is 4.39 Å². The average Bonchev–Trinajstić information content (AvgIpc) is 3.93. The molecule has 0 bridgehead atoms. The monoisotopic (exact) mass is 1070 g/mol. The molecule has 0 spiro atoms. The van der Waals surface area contributed by atoms with Crippen molar-refractivity contribution in [3.05, 3.63) is 173 Å². The SMILES string of the molecule is Cc1cc2c(cc1-n1c(-c3[c-]ccc4c3sc3ncccc34)nc3ccc4ccccc4c31)C(C)(C)c1ccccc1-2.[2H]C([2H])([2H])c1cc(-c2[c-]ccc(C([2H])([2H])[2H])c2F)nc[c]1[Ge]([CH3])([CH3])[CH3].[Ir]. The molecule has 4 aromatic heterocycles. The van der Waals surface area contributed by atoms with E-state index in [4.69, 9.17) is 13.2 Å². The molecular weight excluding hydrogens is 1020 g/mol. The van der Waals surface area contributed by atoms with Crippen molar-refractivity contribution in [1.29, 1.82) is 0 Å². The van der Waals surface area contributed by atoms with Gasteiger partial charge in [-0.2, -0.15) is 11.3 Å². The van der Waals surface area contributed by atoms with E-state index in [0.29, 0.717) is 0 Å². The van der Waals surface area contributed by atoms with Crippen molar-refractivity contribution in [3.8, 4) is 39.5 Å². The molecule has 10 aromatic rings. The van der Waals surface area contributed by atoms with Crippen LogP contribution < -0.4 is 4.40 Å². The van der Waals surface area contributed by atoms with Gasteiger partial charge in [0.2, 0.25) is 0 Å². The Morgan fingerprint density at radius 3 is 2.32 bits per heavy atom. The van der Waals surface area contributed by atoms with Crippen LogP contribution in [0.4, 0.5) is 4.39 Å². The Morgan fingerprint density at radius 2 is 1.50 bits per heavy atom. The summed E-state index contributed by atoms with van der Waals surface area (Å²) in [5, 5.41) is 4.77. The van der Waals surface area contributed by atoms with Crippen LogP contribution in [0.5, 0.6) is 0 Å². The minimum Gasteiger partial charge on any atom is 0 e. The van der Waals surface area contributed by atoms with Crippen LogP contribution >= 0.6 is 11.3 Å². The third-order valence-corrected chi connectivity index (χ3v) is 17.4. The zero-order valence-electron chi connectivity index (χ0n) is 41.0. The van der Waals surface area contributed by atoms with Crippen molar-refractivity contribution < 1.29 is 32.7 Å². The predicted octanol–water partition coefficient (Wildman–Crippen LogP) is 13.9. The van der Waals surface area contributed by atoms with Gasteiger partial charge in [-0.1, -0.05) is 85.5 Å². The van der Waals surface area contributed by atoms with Crippen LogP contribution in [0.2, 0.25) is 17.3 Å². The van der Waals surface area contributed by atoms with Crippen LogP contribution in [0.3, 0.4) is 0 Å². The van der Waals surface area contributed by atoms with Gasteiger partial charge in [0.15, 0.2) is 0 Å². The van der Waals surface area contributed by atoms with Crippen molar-refractivity contribution in [1.82, 2.24) is 19.5 Å². The van der Waals surface area contributed by atoms with Gasteiger partial charge in [0.25, 0.3) is 0 Å². The first-order chi connectivity index (χ1) is 31.7. The number of fused-ring (bicyclic) bond motifs is 9. The van der Waals surface area contributed by atoms with E-state index >= 15 is 0 Å². The van der Waals surface area contributed by atoms with Gasteiger partial charge in [0.05, 0.1) is 16.9 Å². The molecule has 4 nitrogen and oxygen atoms in total. The molecular formula is C54H45FGeIrN4S-2. The van der Waals surface area contributed by atoms with Crippen molar-refractivity contribution in [2.24, 2.45) is 0 Å². The van der Waals surface area contributed by atoms with Crippen molar-refractivity contribution in [3.63, 3.8) is 0 Å². The van der Waals surface area contributed by atoms with Gasteiger partial charge < -0.3 is 4.57 Å². The summed E-state index contributed by atoms with van der Waals surface area (Å²) in [7, 11) is 0. The third kappa shape index (κ3) is 6.85. The zero-order chi connectivity index (χ0) is 47.4. The van der Waals surface area contributed by atoms with E-state index in [-0.39, 0.29) is 42.3 Å². The molecule has 11 rings (SSSR count). The molecule has 1 aliphatic carbocycles. The number of thiophene rings is 1. The molecule has 0 fully saturated rings. The second kappa shape index (κ2) is 15.8. The van der Waals surface area contributed by atoms with Crippen molar-refractivity contribution in [2.75, 3.05) is 0 Å². The largest absolute Gasteiger partial charge is 0 e. The number of nitrogens with zero attached hydrogens (tertiary/aromatic N) is 4. The van der Waals surface area contributed by atoms with Gasteiger partial charge in [0.1, 0.15) is 4.83 Å². The van der Waals surface area contributed by atoms with Gasteiger partial charge in [-0.25, -0.2) is 4.98 Å². The first kappa shape index (κ1) is 35.2. The molecule has 1 radical (unpaired) electrons. The molecule has 0 atom stereocenters. The third-order valence-electron chi connectivity index (χ3n) is 12.0. The fraction of sp³-hybridized carbons (Fsp3) is 0.167. The van der Waals surface area contributed by atoms with Crippen molar-refractivity contribution in [2.45, 2.75) is 57.2 Å². The second-order valence-corrected chi connectivity index (χ2v) is 28.8. The van der Waals surface area contributed by atoms with Crippen molar-refractivity contribution >= 4 is 71.1 Å². The fourth-order valence-electron chi connectivity index (χ4n) is 8.92. The quantitative estimate of drug-likeness (QED) is 0.130. The van der Waals surface area contributed by atoms with Crippen LogP contribution in [-0.2, 0) is 25.5 Å². The number of pyridine rings is 2. The van der Waals surface area contributed by atoms with E-state index in [1.807, 2.05) is 35.6 Å². The number of hydrogen-bond acceptors (Lipinski definition) is 4. The molecule has 62 heavy (non-hydrogen) atoms. The first-order valence-electron chi connectivity index (χ1n) is 23.3. The Bertz CT molecular complexity index is 3630. The summed E-state index contributed by atoms with van der Waals surface area (Å²) in [5.41, 5.74) is 10.5. The molecule has 0 aliphatic heterocycles. The summed E-state index contributed by atoms with van der Waals surface area (Å²) in [6.07, 6.45) is 3.36. The number of rotatable bonds is 4. The van der Waals surface area contributed by atoms with Crippen LogP contribution in [0.15, 0.2) is 128 Å². The molecule has 1 aliphatic rings. The maximum atomic E-state index is 14.7. The Kier molecular flexibility index (Phi) is 8.96. The number of aromatic nitrogens is 4. The minimum atomic E-state index is -2.61. The smallest absolute Gasteiger partial charge is 0 e. The zero-order valence-corrected chi connectivity index (χ0v) is 40.3. The van der Waals surface area contributed by atoms with Gasteiger partial charge in [0, 0.05) is 42.8 Å². The number of benzene rings is 6. The van der Waals surface area contributed by atoms with E-state index in [2.05, 4.69) is 132 Å². The summed E-state index contributed by atoms with van der Waals surface area (Å²) in [5.74, 6) is 6.11. The van der Waals surface area contributed by atoms with E-state index < -0.39 is 38.4 Å². The minimum absolute atomic E-state index is 0. The van der Waals surface area contributed by atoms with Gasteiger partial charge >= 0.3 is 125 Å². The molecule has 6 aromatic carbocycles. The molecule has 0 amide bonds. The topological polar surface area (TPSA) is 43.6 Å². The molecule has 0 unspecified atom stereocenters. The number of aryl methyl sites for hydroxylation is 3. The molecule has 309 valence electrons. The Labute approximate surface area is 391 Å². The summed E-state index contributed by atoms with van der Waals surface area (Å²) >= 11 is -0.795. The normalized spacial score (nSPS) is 14.8. The van der Waals surface area contributed by atoms with Crippen LogP contribution in [-0.4, -0.2) is 32.8 Å². The Balaban J connectivity index is 0.000000192. The number of hydrogen-bond donors (Lipinski definition) is 0.